The van der Waals surface area contributed by atoms with Crippen LogP contribution in [0.5, 0.6) is 5.75 Å². The Morgan fingerprint density at radius 2 is 2.14 bits per heavy atom. The van der Waals surface area contributed by atoms with Crippen molar-refractivity contribution in [2.45, 2.75) is 19.0 Å². The van der Waals surface area contributed by atoms with Crippen molar-refractivity contribution >= 4 is 22.4 Å². The van der Waals surface area contributed by atoms with Crippen molar-refractivity contribution < 1.29 is 18.3 Å². The molecule has 1 fully saturated rings. The minimum atomic E-state index is -2.83. The van der Waals surface area contributed by atoms with Gasteiger partial charge in [-0.1, -0.05) is 23.5 Å². The highest BCUT2D eigenvalue weighted by Gasteiger charge is 2.45. The molecule has 1 aliphatic carbocycles. The molecular formula is C14H13F2N3O2S. The van der Waals surface area contributed by atoms with Gasteiger partial charge in [0.05, 0.1) is 0 Å². The molecule has 0 unspecified atom stereocenters. The van der Waals surface area contributed by atoms with Crippen LogP contribution in [-0.2, 0) is 4.79 Å². The fourth-order valence-corrected chi connectivity index (χ4v) is 2.92. The van der Waals surface area contributed by atoms with Crippen molar-refractivity contribution in [3.63, 3.8) is 0 Å². The fourth-order valence-electron chi connectivity index (χ4n) is 2.39. The summed E-state index contributed by atoms with van der Waals surface area (Å²) in [5.74, 6) is 0.127. The second kappa shape index (κ2) is 5.96. The molecule has 1 aromatic heterocycles. The lowest BCUT2D eigenvalue weighted by molar-refractivity contribution is -0.119. The quantitative estimate of drug-likeness (QED) is 0.848. The summed E-state index contributed by atoms with van der Waals surface area (Å²) in [5.41, 5.74) is 2.52. The molecule has 0 radical (unpaired) electrons. The van der Waals surface area contributed by atoms with Gasteiger partial charge in [-0.2, -0.15) is 8.78 Å². The lowest BCUT2D eigenvalue weighted by Gasteiger charge is -2.12. The van der Waals surface area contributed by atoms with Crippen molar-refractivity contribution in [1.82, 2.24) is 10.2 Å². The van der Waals surface area contributed by atoms with Crippen molar-refractivity contribution in [1.29, 1.82) is 0 Å². The van der Waals surface area contributed by atoms with Crippen molar-refractivity contribution in [2.75, 3.05) is 11.9 Å². The molecular weight excluding hydrogens is 312 g/mol. The minimum Gasteiger partial charge on any atom is -0.435 e. The molecule has 1 saturated carbocycles. The summed E-state index contributed by atoms with van der Waals surface area (Å²) in [7, 11) is 1.68. The number of nitrogens with zero attached hydrogens (tertiary/aromatic N) is 3. The second-order valence-corrected chi connectivity index (χ2v) is 5.83. The first-order chi connectivity index (χ1) is 10.6. The average molecular weight is 325 g/mol. The summed E-state index contributed by atoms with van der Waals surface area (Å²) >= 11 is 1.30. The third-order valence-electron chi connectivity index (χ3n) is 3.61. The Morgan fingerprint density at radius 1 is 1.41 bits per heavy atom. The number of halogens is 2. The molecule has 0 spiro atoms. The minimum absolute atomic E-state index is 0.00495. The van der Waals surface area contributed by atoms with Gasteiger partial charge in [-0.3, -0.25) is 9.69 Å². The van der Waals surface area contributed by atoms with Crippen molar-refractivity contribution in [3.05, 3.63) is 35.3 Å². The zero-order chi connectivity index (χ0) is 15.7. The molecule has 1 heterocycles. The number of rotatable bonds is 5. The van der Waals surface area contributed by atoms with E-state index in [0.29, 0.717) is 5.13 Å². The molecule has 0 aliphatic heterocycles. The maximum Gasteiger partial charge on any atom is 0.387 e. The summed E-state index contributed by atoms with van der Waals surface area (Å²) < 4.78 is 28.5. The highest BCUT2D eigenvalue weighted by molar-refractivity contribution is 7.13. The highest BCUT2D eigenvalue weighted by Crippen LogP contribution is 2.49. The zero-order valence-electron chi connectivity index (χ0n) is 11.6. The number of carbonyl (C=O) groups is 1. The first-order valence-electron chi connectivity index (χ1n) is 6.64. The molecule has 1 aromatic carbocycles. The van der Waals surface area contributed by atoms with Crippen LogP contribution in [0.2, 0.25) is 0 Å². The summed E-state index contributed by atoms with van der Waals surface area (Å²) in [4.78, 5) is 13.9. The number of carbonyl (C=O) groups excluding carboxylic acids is 1. The van der Waals surface area contributed by atoms with Crippen LogP contribution in [0.15, 0.2) is 29.8 Å². The molecule has 1 amide bonds. The molecule has 0 N–H and O–H groups in total. The first kappa shape index (κ1) is 14.8. The van der Waals surface area contributed by atoms with E-state index in [0.717, 1.165) is 12.0 Å². The van der Waals surface area contributed by atoms with Crippen LogP contribution < -0.4 is 9.64 Å². The Kier molecular flexibility index (Phi) is 4.02. The molecule has 3 rings (SSSR count). The zero-order valence-corrected chi connectivity index (χ0v) is 12.5. The van der Waals surface area contributed by atoms with Crippen LogP contribution in [0.3, 0.4) is 0 Å². The Morgan fingerprint density at radius 3 is 2.73 bits per heavy atom. The summed E-state index contributed by atoms with van der Waals surface area (Å²) in [6.07, 6.45) is 0.747. The summed E-state index contributed by atoms with van der Waals surface area (Å²) in [6.45, 7) is -2.83. The van der Waals surface area contributed by atoms with Crippen LogP contribution in [0.25, 0.3) is 0 Å². The monoisotopic (exact) mass is 325 g/mol. The maximum atomic E-state index is 12.3. The molecule has 1 aliphatic rings. The number of ether oxygens (including phenoxy) is 1. The lowest BCUT2D eigenvalue weighted by Crippen LogP contribution is -2.28. The van der Waals surface area contributed by atoms with Gasteiger partial charge in [0, 0.05) is 13.0 Å². The maximum absolute atomic E-state index is 12.3. The SMILES string of the molecule is CN(C(=O)[C@@H]1C[C@H]1c1ccc(OC(F)F)cc1)c1nncs1. The van der Waals surface area contributed by atoms with Gasteiger partial charge in [-0.25, -0.2) is 0 Å². The van der Waals surface area contributed by atoms with E-state index in [1.54, 1.807) is 24.7 Å². The standard InChI is InChI=1S/C14H13F2N3O2S/c1-19(14-18-17-7-22-14)12(20)11-6-10(11)8-2-4-9(5-3-8)21-13(15)16/h2-5,7,10-11,13H,6H2,1H3/t10-,11+/m0/s1. The molecule has 2 atom stereocenters. The predicted octanol–water partition coefficient (Wildman–Crippen LogP) is 2.91. The highest BCUT2D eigenvalue weighted by atomic mass is 32.1. The molecule has 2 aromatic rings. The molecule has 0 saturated heterocycles. The predicted molar refractivity (Wildman–Crippen MR) is 77.2 cm³/mol. The van der Waals surface area contributed by atoms with Crippen LogP contribution in [0.1, 0.15) is 17.9 Å². The number of aromatic nitrogens is 2. The average Bonchev–Trinajstić information content (AvgIpc) is 3.10. The number of hydrogen-bond acceptors (Lipinski definition) is 5. The van der Waals surface area contributed by atoms with Gasteiger partial charge < -0.3 is 4.74 Å². The smallest absolute Gasteiger partial charge is 0.387 e. The lowest BCUT2D eigenvalue weighted by atomic mass is 10.1. The third kappa shape index (κ3) is 3.06. The molecule has 5 nitrogen and oxygen atoms in total. The van der Waals surface area contributed by atoms with E-state index in [1.807, 2.05) is 0 Å². The molecule has 116 valence electrons. The first-order valence-corrected chi connectivity index (χ1v) is 7.52. The Hall–Kier alpha value is -2.09. The van der Waals surface area contributed by atoms with Gasteiger partial charge in [-0.15, -0.1) is 10.2 Å². The van der Waals surface area contributed by atoms with Gasteiger partial charge in [0.15, 0.2) is 0 Å². The van der Waals surface area contributed by atoms with E-state index < -0.39 is 6.61 Å². The molecule has 8 heteroatoms. The van der Waals surface area contributed by atoms with Crippen LogP contribution in [0.4, 0.5) is 13.9 Å². The molecule has 0 bridgehead atoms. The Labute approximate surface area is 129 Å². The number of alkyl halides is 2. The van der Waals surface area contributed by atoms with E-state index in [-0.39, 0.29) is 23.5 Å². The van der Waals surface area contributed by atoms with Crippen molar-refractivity contribution in [3.8, 4) is 5.75 Å². The number of benzene rings is 1. The summed E-state index contributed by atoms with van der Waals surface area (Å²) in [5, 5.41) is 8.15. The van der Waals surface area contributed by atoms with E-state index in [9.17, 15) is 13.6 Å². The molecule has 22 heavy (non-hydrogen) atoms. The Bertz CT molecular complexity index is 649. The van der Waals surface area contributed by atoms with Gasteiger partial charge >= 0.3 is 6.61 Å². The summed E-state index contributed by atoms with van der Waals surface area (Å²) in [6, 6.07) is 6.44. The van der Waals surface area contributed by atoms with Gasteiger partial charge in [-0.05, 0) is 30.0 Å². The number of amides is 1. The fraction of sp³-hybridized carbons (Fsp3) is 0.357. The topological polar surface area (TPSA) is 55.3 Å². The number of anilines is 1. The third-order valence-corrected chi connectivity index (χ3v) is 4.37. The van der Waals surface area contributed by atoms with E-state index >= 15 is 0 Å². The second-order valence-electron chi connectivity index (χ2n) is 5.01. The van der Waals surface area contributed by atoms with E-state index in [1.165, 1.54) is 28.4 Å². The van der Waals surface area contributed by atoms with Crippen LogP contribution in [0, 0.1) is 5.92 Å². The van der Waals surface area contributed by atoms with Gasteiger partial charge in [0.25, 0.3) is 0 Å². The van der Waals surface area contributed by atoms with Gasteiger partial charge in [0.2, 0.25) is 11.0 Å². The number of hydrogen-bond donors (Lipinski definition) is 0. The Balaban J connectivity index is 1.63. The van der Waals surface area contributed by atoms with Gasteiger partial charge in [0.1, 0.15) is 11.3 Å². The van der Waals surface area contributed by atoms with Crippen LogP contribution in [-0.4, -0.2) is 29.8 Å². The normalized spacial score (nSPS) is 20.0. The van der Waals surface area contributed by atoms with E-state index in [2.05, 4.69) is 14.9 Å². The van der Waals surface area contributed by atoms with E-state index in [4.69, 9.17) is 0 Å². The largest absolute Gasteiger partial charge is 0.435 e. The van der Waals surface area contributed by atoms with Crippen LogP contribution >= 0.6 is 11.3 Å². The van der Waals surface area contributed by atoms with Crippen molar-refractivity contribution in [2.24, 2.45) is 5.92 Å².